The molecule has 2 aromatic heterocycles. The van der Waals surface area contributed by atoms with Gasteiger partial charge in [-0.1, -0.05) is 13.8 Å². The zero-order chi connectivity index (χ0) is 18.0. The third-order valence-electron chi connectivity index (χ3n) is 4.15. The molecule has 0 bridgehead atoms. The lowest BCUT2D eigenvalue weighted by molar-refractivity contribution is -0.122. The van der Waals surface area contributed by atoms with Crippen molar-refractivity contribution in [3.05, 3.63) is 36.3 Å². The third kappa shape index (κ3) is 4.04. The fourth-order valence-electron chi connectivity index (χ4n) is 2.93. The highest BCUT2D eigenvalue weighted by atomic mass is 16.2. The lowest BCUT2D eigenvalue weighted by atomic mass is 10.1. The minimum absolute atomic E-state index is 0.0542. The molecule has 0 aliphatic carbocycles. The number of nitrogens with zero attached hydrogens (tertiary/aromatic N) is 4. The van der Waals surface area contributed by atoms with Crippen LogP contribution in [0.25, 0.3) is 0 Å². The van der Waals surface area contributed by atoms with Crippen molar-refractivity contribution in [2.75, 3.05) is 16.8 Å². The van der Waals surface area contributed by atoms with Gasteiger partial charge in [0.05, 0.1) is 17.8 Å². The molecule has 0 radical (unpaired) electrons. The van der Waals surface area contributed by atoms with E-state index in [4.69, 9.17) is 0 Å². The van der Waals surface area contributed by atoms with Crippen LogP contribution in [0.15, 0.2) is 30.7 Å². The maximum absolute atomic E-state index is 12.4. The molecular formula is C18H23N5O2. The average molecular weight is 341 g/mol. The highest BCUT2D eigenvalue weighted by Gasteiger charge is 2.35. The first-order chi connectivity index (χ1) is 11.9. The van der Waals surface area contributed by atoms with Crippen molar-refractivity contribution >= 4 is 23.3 Å². The molecule has 0 aromatic carbocycles. The summed E-state index contributed by atoms with van der Waals surface area (Å²) in [6, 6.07) is 3.67. The second-order valence-corrected chi connectivity index (χ2v) is 6.93. The smallest absolute Gasteiger partial charge is 0.230 e. The van der Waals surface area contributed by atoms with Crippen molar-refractivity contribution in [2.45, 2.75) is 33.7 Å². The Hall–Kier alpha value is -2.70. The predicted molar refractivity (Wildman–Crippen MR) is 95.1 cm³/mol. The molecule has 3 rings (SSSR count). The Morgan fingerprint density at radius 2 is 2.24 bits per heavy atom. The predicted octanol–water partition coefficient (Wildman–Crippen LogP) is 2.23. The van der Waals surface area contributed by atoms with Crippen molar-refractivity contribution in [1.82, 2.24) is 14.8 Å². The van der Waals surface area contributed by atoms with E-state index in [0.29, 0.717) is 18.3 Å². The monoisotopic (exact) mass is 341 g/mol. The van der Waals surface area contributed by atoms with Crippen LogP contribution in [-0.2, 0) is 16.1 Å². The molecule has 1 N–H and O–H groups in total. The maximum atomic E-state index is 12.4. The van der Waals surface area contributed by atoms with Gasteiger partial charge in [-0.15, -0.1) is 0 Å². The molecule has 1 aliphatic heterocycles. The van der Waals surface area contributed by atoms with Crippen molar-refractivity contribution < 1.29 is 9.59 Å². The van der Waals surface area contributed by atoms with Gasteiger partial charge >= 0.3 is 0 Å². The zero-order valence-corrected chi connectivity index (χ0v) is 14.8. The van der Waals surface area contributed by atoms with Crippen LogP contribution in [0.1, 0.15) is 25.8 Å². The number of hydrogen-bond donors (Lipinski definition) is 1. The Bertz CT molecular complexity index is 783. The zero-order valence-electron chi connectivity index (χ0n) is 14.8. The van der Waals surface area contributed by atoms with Gasteiger partial charge in [0.2, 0.25) is 11.8 Å². The quantitative estimate of drug-likeness (QED) is 0.904. The standard InChI is InChI=1S/C18H23N5O2/c1-12(2)9-22-11-15(8-20-22)23-10-14(7-17(23)24)18(25)21-16-6-13(3)4-5-19-16/h4-6,8,11-12,14H,7,9-10H2,1-3H3,(H,19,21,25). The van der Waals surface area contributed by atoms with Crippen LogP contribution in [0.3, 0.4) is 0 Å². The second-order valence-electron chi connectivity index (χ2n) is 6.93. The Labute approximate surface area is 147 Å². The molecule has 1 unspecified atom stereocenters. The van der Waals surface area contributed by atoms with Gasteiger partial charge in [0.15, 0.2) is 0 Å². The van der Waals surface area contributed by atoms with Gasteiger partial charge in [0, 0.05) is 31.9 Å². The molecule has 132 valence electrons. The van der Waals surface area contributed by atoms with Gasteiger partial charge in [-0.2, -0.15) is 5.10 Å². The first-order valence-corrected chi connectivity index (χ1v) is 8.48. The van der Waals surface area contributed by atoms with E-state index in [2.05, 4.69) is 29.2 Å². The van der Waals surface area contributed by atoms with E-state index in [9.17, 15) is 9.59 Å². The van der Waals surface area contributed by atoms with Gasteiger partial charge < -0.3 is 10.2 Å². The van der Waals surface area contributed by atoms with Gasteiger partial charge in [-0.3, -0.25) is 14.3 Å². The van der Waals surface area contributed by atoms with E-state index in [0.717, 1.165) is 17.8 Å². The first kappa shape index (κ1) is 17.1. The van der Waals surface area contributed by atoms with E-state index in [1.54, 1.807) is 17.3 Å². The summed E-state index contributed by atoms with van der Waals surface area (Å²) in [6.45, 7) is 7.33. The molecule has 1 fully saturated rings. The molecule has 0 spiro atoms. The molecule has 2 aromatic rings. The number of carbonyl (C=O) groups excluding carboxylic acids is 2. The molecule has 2 amide bonds. The fraction of sp³-hybridized carbons (Fsp3) is 0.444. The number of pyridine rings is 1. The van der Waals surface area contributed by atoms with E-state index in [1.165, 1.54) is 0 Å². The maximum Gasteiger partial charge on any atom is 0.230 e. The molecular weight excluding hydrogens is 318 g/mol. The number of aryl methyl sites for hydroxylation is 1. The van der Waals surface area contributed by atoms with Gasteiger partial charge in [-0.05, 0) is 30.5 Å². The number of carbonyl (C=O) groups is 2. The van der Waals surface area contributed by atoms with Crippen molar-refractivity contribution in [1.29, 1.82) is 0 Å². The van der Waals surface area contributed by atoms with Gasteiger partial charge in [0.25, 0.3) is 0 Å². The summed E-state index contributed by atoms with van der Waals surface area (Å²) in [4.78, 5) is 30.5. The Kier molecular flexibility index (Phi) is 4.83. The average Bonchev–Trinajstić information content (AvgIpc) is 3.13. The Morgan fingerprint density at radius 3 is 2.96 bits per heavy atom. The van der Waals surface area contributed by atoms with E-state index in [-0.39, 0.29) is 24.2 Å². The molecule has 1 saturated heterocycles. The van der Waals surface area contributed by atoms with E-state index < -0.39 is 0 Å². The first-order valence-electron chi connectivity index (χ1n) is 8.48. The SMILES string of the molecule is Cc1ccnc(NC(=O)C2CC(=O)N(c3cnn(CC(C)C)c3)C2)c1. The van der Waals surface area contributed by atoms with Crippen molar-refractivity contribution in [2.24, 2.45) is 11.8 Å². The number of nitrogens with one attached hydrogen (secondary N) is 1. The van der Waals surface area contributed by atoms with Gasteiger partial charge in [0.1, 0.15) is 5.82 Å². The van der Waals surface area contributed by atoms with Crippen LogP contribution in [0.2, 0.25) is 0 Å². The molecule has 25 heavy (non-hydrogen) atoms. The number of aromatic nitrogens is 3. The summed E-state index contributed by atoms with van der Waals surface area (Å²) in [6.07, 6.45) is 5.40. The molecule has 0 saturated carbocycles. The summed E-state index contributed by atoms with van der Waals surface area (Å²) < 4.78 is 1.83. The summed E-state index contributed by atoms with van der Waals surface area (Å²) in [5.41, 5.74) is 1.77. The molecule has 1 aliphatic rings. The highest BCUT2D eigenvalue weighted by molar-refractivity contribution is 6.03. The molecule has 7 heteroatoms. The lowest BCUT2D eigenvalue weighted by Crippen LogP contribution is -2.28. The lowest BCUT2D eigenvalue weighted by Gasteiger charge is -2.14. The molecule has 1 atom stereocenters. The van der Waals surface area contributed by atoms with Crippen LogP contribution in [0.5, 0.6) is 0 Å². The summed E-state index contributed by atoms with van der Waals surface area (Å²) in [5.74, 6) is 0.372. The van der Waals surface area contributed by atoms with Crippen LogP contribution < -0.4 is 10.2 Å². The highest BCUT2D eigenvalue weighted by Crippen LogP contribution is 2.25. The fourth-order valence-corrected chi connectivity index (χ4v) is 2.93. The van der Waals surface area contributed by atoms with E-state index in [1.807, 2.05) is 29.9 Å². The number of anilines is 2. The third-order valence-corrected chi connectivity index (χ3v) is 4.15. The van der Waals surface area contributed by atoms with Crippen LogP contribution in [0.4, 0.5) is 11.5 Å². The van der Waals surface area contributed by atoms with Crippen LogP contribution in [0, 0.1) is 18.8 Å². The topological polar surface area (TPSA) is 80.1 Å². The van der Waals surface area contributed by atoms with Crippen LogP contribution >= 0.6 is 0 Å². The number of hydrogen-bond acceptors (Lipinski definition) is 4. The number of amides is 2. The van der Waals surface area contributed by atoms with Crippen LogP contribution in [-0.4, -0.2) is 33.1 Å². The number of rotatable bonds is 5. The van der Waals surface area contributed by atoms with Crippen molar-refractivity contribution in [3.8, 4) is 0 Å². The minimum atomic E-state index is -0.386. The Morgan fingerprint density at radius 1 is 1.44 bits per heavy atom. The molecule has 3 heterocycles. The normalized spacial score (nSPS) is 17.4. The summed E-state index contributed by atoms with van der Waals surface area (Å²) in [5, 5.41) is 7.09. The van der Waals surface area contributed by atoms with Crippen molar-refractivity contribution in [3.63, 3.8) is 0 Å². The minimum Gasteiger partial charge on any atom is -0.310 e. The summed E-state index contributed by atoms with van der Waals surface area (Å²) >= 11 is 0. The summed E-state index contributed by atoms with van der Waals surface area (Å²) in [7, 11) is 0. The Balaban J connectivity index is 1.65. The largest absolute Gasteiger partial charge is 0.310 e. The molecule has 7 nitrogen and oxygen atoms in total. The second kappa shape index (κ2) is 7.04. The van der Waals surface area contributed by atoms with Gasteiger partial charge in [-0.25, -0.2) is 4.98 Å². The van der Waals surface area contributed by atoms with E-state index >= 15 is 0 Å².